The molecule has 0 aromatic heterocycles. The largest absolute Gasteiger partial charge is 0.217 e. The van der Waals surface area contributed by atoms with Crippen molar-refractivity contribution in [3.8, 4) is 0 Å². The summed E-state index contributed by atoms with van der Waals surface area (Å²) in [5.41, 5.74) is 0. The Morgan fingerprint density at radius 3 is 1.22 bits per heavy atom. The third-order valence-corrected chi connectivity index (χ3v) is 0.866. The summed E-state index contributed by atoms with van der Waals surface area (Å²) in [7, 11) is 0. The fourth-order valence-corrected chi connectivity index (χ4v) is 0. The molecule has 9 heavy (non-hydrogen) atoms. The molecule has 6 heteroatoms. The third-order valence-electron chi connectivity index (χ3n) is 0.289. The van der Waals surface area contributed by atoms with E-state index in [4.69, 9.17) is 0 Å². The van der Waals surface area contributed by atoms with Gasteiger partial charge in [0.2, 0.25) is 16.3 Å². The molecule has 0 unspecified atom stereocenters. The predicted octanol–water partition coefficient (Wildman–Crippen LogP) is 1.91. The van der Waals surface area contributed by atoms with E-state index in [2.05, 4.69) is 6.58 Å². The van der Waals surface area contributed by atoms with Gasteiger partial charge in [-0.25, -0.2) is 0 Å². The van der Waals surface area contributed by atoms with Crippen molar-refractivity contribution in [1.82, 2.24) is 0 Å². The van der Waals surface area contributed by atoms with Gasteiger partial charge in [-0.3, -0.25) is 0 Å². The van der Waals surface area contributed by atoms with Gasteiger partial charge >= 0.3 is 0 Å². The van der Waals surface area contributed by atoms with Gasteiger partial charge in [0.05, 0.1) is 0 Å². The van der Waals surface area contributed by atoms with Crippen LogP contribution in [0.1, 0.15) is 0 Å². The van der Waals surface area contributed by atoms with Crippen molar-refractivity contribution in [1.29, 1.82) is 0 Å². The summed E-state index contributed by atoms with van der Waals surface area (Å²) in [6.07, 6.45) is 1.94. The molecule has 58 valence electrons. The summed E-state index contributed by atoms with van der Waals surface area (Å²) < 4.78 is 0. The van der Waals surface area contributed by atoms with E-state index in [0.717, 1.165) is 0 Å². The Balaban J connectivity index is -0.00000000450. The second-order valence-electron chi connectivity index (χ2n) is 0.697. The molecule has 0 heterocycles. The van der Waals surface area contributed by atoms with Gasteiger partial charge in [-0.05, 0) is 0 Å². The van der Waals surface area contributed by atoms with E-state index >= 15 is 0 Å². The minimum atomic E-state index is 0. The van der Waals surface area contributed by atoms with Crippen molar-refractivity contribution < 1.29 is 26.2 Å². The Hall–Kier alpha value is 2.32. The van der Waals surface area contributed by atoms with Crippen molar-refractivity contribution in [3.05, 3.63) is 12.7 Å². The average molecular weight is 307 g/mol. The van der Waals surface area contributed by atoms with Crippen molar-refractivity contribution in [2.75, 3.05) is 0 Å². The van der Waals surface area contributed by atoms with Crippen LogP contribution >= 0.6 is 49.6 Å². The Morgan fingerprint density at radius 2 is 1.22 bits per heavy atom. The van der Waals surface area contributed by atoms with Crippen molar-refractivity contribution in [2.24, 2.45) is 0 Å². The average Bonchev–Trinajstić information content (AvgIpc) is 1.37. The summed E-state index contributed by atoms with van der Waals surface area (Å²) >= 11 is 1.27. The second-order valence-corrected chi connectivity index (χ2v) is 1.51. The van der Waals surface area contributed by atoms with Crippen LogP contribution in [-0.2, 0) is 26.2 Å². The van der Waals surface area contributed by atoms with Gasteiger partial charge < -0.3 is 0 Å². The van der Waals surface area contributed by atoms with Gasteiger partial charge in [-0.1, -0.05) is 5.28 Å². The first kappa shape index (κ1) is 42.6. The van der Waals surface area contributed by atoms with Crippen LogP contribution in [0.2, 0.25) is 5.28 Å². The topological polar surface area (TPSA) is 0 Å². The van der Waals surface area contributed by atoms with Gasteiger partial charge in [0.15, 0.2) is 0 Å². The van der Waals surface area contributed by atoms with Gasteiger partial charge in [0.1, 0.15) is 0 Å². The van der Waals surface area contributed by atoms with Crippen LogP contribution in [0.5, 0.6) is 0 Å². The maximum absolute atomic E-state index is 3.51. The third kappa shape index (κ3) is 64.9. The Bertz CT molecular complexity index is 29.8. The van der Waals surface area contributed by atoms with Crippen LogP contribution in [0, 0.1) is 0 Å². The van der Waals surface area contributed by atoms with E-state index in [-0.39, 0.29) is 75.8 Å². The van der Waals surface area contributed by atoms with E-state index < -0.39 is 0 Å². The van der Waals surface area contributed by atoms with Gasteiger partial charge in [0.25, 0.3) is 0 Å². The summed E-state index contributed by atoms with van der Waals surface area (Å²) in [5.74, 6) is 0. The first-order valence-corrected chi connectivity index (χ1v) is 2.94. The summed E-state index contributed by atoms with van der Waals surface area (Å²) in [6.45, 7) is 3.51. The molecule has 0 saturated carbocycles. The Labute approximate surface area is 109 Å². The molecule has 0 aromatic carbocycles. The fraction of sp³-hybridized carbons (Fsp3) is 0.333. The van der Waals surface area contributed by atoms with E-state index in [1.165, 1.54) is 21.6 Å². The molecule has 0 N–H and O–H groups in total. The summed E-state index contributed by atoms with van der Waals surface area (Å²) in [6, 6.07) is 0. The molecule has 0 aliphatic heterocycles. The van der Waals surface area contributed by atoms with Crippen LogP contribution in [0.25, 0.3) is 0 Å². The quantitative estimate of drug-likeness (QED) is 0.513. The monoisotopic (exact) mass is 304 g/mol. The molecule has 0 nitrogen and oxygen atoms in total. The van der Waals surface area contributed by atoms with E-state index in [1.54, 1.807) is 0 Å². The zero-order chi connectivity index (χ0) is 3.41. The molecule has 0 radical (unpaired) electrons. The van der Waals surface area contributed by atoms with Gasteiger partial charge in [-0.15, -0.1) is 62.3 Å². The fourth-order valence-electron chi connectivity index (χ4n) is 0. The standard InChI is InChI=1S/C3H5.Al.4ClH.Zr.2H/c1-3-2;;;;;;;;/h3H,1-2H2;;4*1H;;;. The Kier molecular flexibility index (Phi) is 228. The first-order chi connectivity index (χ1) is 1.91. The Morgan fingerprint density at radius 1 is 1.11 bits per heavy atom. The number of halogens is 4. The number of hydrogen-bond acceptors (Lipinski definition) is 0. The molecular weight excluding hydrogens is 296 g/mol. The normalized spacial score (nSPS) is 2.67. The van der Waals surface area contributed by atoms with Crippen LogP contribution < -0.4 is 0 Å². The molecule has 0 aliphatic carbocycles. The van der Waals surface area contributed by atoms with Gasteiger partial charge in [0, 0.05) is 26.2 Å². The van der Waals surface area contributed by atoms with E-state index in [9.17, 15) is 0 Å². The molecule has 0 aliphatic rings. The van der Waals surface area contributed by atoms with Crippen molar-refractivity contribution >= 4 is 65.9 Å². The molecule has 0 amide bonds. The smallest absolute Gasteiger partial charge is 0.147 e. The second kappa shape index (κ2) is 48.1. The minimum absolute atomic E-state index is 0. The van der Waals surface area contributed by atoms with Crippen LogP contribution in [0.4, 0.5) is 0 Å². The zero-order valence-corrected chi connectivity index (χ0v) is 12.8. The van der Waals surface area contributed by atoms with E-state index in [1.807, 2.05) is 6.08 Å². The van der Waals surface area contributed by atoms with Crippen LogP contribution in [0.15, 0.2) is 12.7 Å². The zero-order valence-electron chi connectivity index (χ0n) is 5.12. The van der Waals surface area contributed by atoms with Gasteiger partial charge in [-0.2, -0.15) is 0 Å². The SMILES string of the molecule is C=C[CH2][AlH2].Cl.Cl.Cl.Cl.[Zr]. The molecule has 0 atom stereocenters. The first-order valence-electron chi connectivity index (χ1n) is 1.52. The molecule has 0 saturated heterocycles. The number of allylic oxidation sites excluding steroid dienone is 1. The predicted molar refractivity (Wildman–Crippen MR) is 52.5 cm³/mol. The van der Waals surface area contributed by atoms with Crippen LogP contribution in [0.3, 0.4) is 0 Å². The van der Waals surface area contributed by atoms with E-state index in [0.29, 0.717) is 0 Å². The van der Waals surface area contributed by atoms with Crippen molar-refractivity contribution in [2.45, 2.75) is 5.28 Å². The molecular formula is C3H11AlCl4Zr. The maximum Gasteiger partial charge on any atom is 0.217 e. The summed E-state index contributed by atoms with van der Waals surface area (Å²) in [5, 5.41) is 1.22. The van der Waals surface area contributed by atoms with Crippen LogP contribution in [-0.4, -0.2) is 16.3 Å². The van der Waals surface area contributed by atoms with Crippen molar-refractivity contribution in [3.63, 3.8) is 0 Å². The molecule has 0 rings (SSSR count). The minimum Gasteiger partial charge on any atom is -0.147 e. The molecule has 0 bridgehead atoms. The number of rotatable bonds is 1. The maximum atomic E-state index is 3.51. The molecule has 0 spiro atoms. The molecule has 0 fully saturated rings. The number of hydrogen-bond donors (Lipinski definition) is 0. The summed E-state index contributed by atoms with van der Waals surface area (Å²) in [4.78, 5) is 0. The molecule has 0 aromatic rings.